The van der Waals surface area contributed by atoms with Crippen molar-refractivity contribution in [2.45, 2.75) is 38.5 Å². The fraction of sp³-hybridized carbons (Fsp3) is 0.500. The highest BCUT2D eigenvalue weighted by Gasteiger charge is 2.37. The number of aliphatic hydroxyl groups excluding tert-OH is 1. The zero-order valence-electron chi connectivity index (χ0n) is 20.3. The number of hydroxylamine groups is 1. The van der Waals surface area contributed by atoms with Gasteiger partial charge in [-0.3, -0.25) is 14.8 Å². The van der Waals surface area contributed by atoms with E-state index in [0.717, 1.165) is 23.6 Å². The Balaban J connectivity index is 1.61. The van der Waals surface area contributed by atoms with Crippen LogP contribution in [0.4, 0.5) is 19.1 Å². The second-order valence-corrected chi connectivity index (χ2v) is 8.55. The molecule has 1 aromatic carbocycles. The standard InChI is InChI=1S/C24H30F3N5O5/c1-2-37-17-8-6-16(7-9-17)4-3-5-18(20(33)21(34)30-36)22(35)31-12-14-32(15-13-31)23-28-11-10-19(29-23)24(25,26)27/h6-11,18,20,33,36H,2-5,12-15H2,1H3,(H,30,34)/t18-,20+/m1/s1. The summed E-state index contributed by atoms with van der Waals surface area (Å²) in [5.41, 5.74) is 1.32. The van der Waals surface area contributed by atoms with Crippen molar-refractivity contribution in [1.29, 1.82) is 0 Å². The first kappa shape index (κ1) is 28.1. The molecule has 1 aliphatic heterocycles. The van der Waals surface area contributed by atoms with Crippen LogP contribution in [0.1, 0.15) is 31.0 Å². The number of benzene rings is 1. The van der Waals surface area contributed by atoms with Gasteiger partial charge < -0.3 is 19.6 Å². The third kappa shape index (κ3) is 7.52. The summed E-state index contributed by atoms with van der Waals surface area (Å²) in [4.78, 5) is 35.6. The Hall–Kier alpha value is -3.45. The molecule has 0 unspecified atom stereocenters. The zero-order chi connectivity index (χ0) is 27.0. The molecule has 3 rings (SSSR count). The summed E-state index contributed by atoms with van der Waals surface area (Å²) in [7, 11) is 0. The molecule has 0 saturated carbocycles. The molecule has 0 aliphatic carbocycles. The van der Waals surface area contributed by atoms with Crippen LogP contribution < -0.4 is 15.1 Å². The van der Waals surface area contributed by atoms with Gasteiger partial charge in [0.15, 0.2) is 0 Å². The van der Waals surface area contributed by atoms with Crippen LogP contribution >= 0.6 is 0 Å². The fourth-order valence-electron chi connectivity index (χ4n) is 4.13. The fourth-order valence-corrected chi connectivity index (χ4v) is 4.13. The summed E-state index contributed by atoms with van der Waals surface area (Å²) in [6.45, 7) is 3.07. The summed E-state index contributed by atoms with van der Waals surface area (Å²) in [5.74, 6) is -2.02. The Morgan fingerprint density at radius 1 is 1.14 bits per heavy atom. The van der Waals surface area contributed by atoms with Gasteiger partial charge >= 0.3 is 6.18 Å². The predicted molar refractivity (Wildman–Crippen MR) is 126 cm³/mol. The van der Waals surface area contributed by atoms with Crippen molar-refractivity contribution >= 4 is 17.8 Å². The average Bonchev–Trinajstić information content (AvgIpc) is 2.90. The first-order chi connectivity index (χ1) is 17.6. The third-order valence-corrected chi connectivity index (χ3v) is 6.10. The Morgan fingerprint density at radius 3 is 2.41 bits per heavy atom. The lowest BCUT2D eigenvalue weighted by atomic mass is 9.92. The number of aliphatic hydroxyl groups is 1. The van der Waals surface area contributed by atoms with E-state index >= 15 is 0 Å². The normalized spacial score (nSPS) is 15.7. The zero-order valence-corrected chi connectivity index (χ0v) is 20.3. The molecule has 0 bridgehead atoms. The molecule has 2 atom stereocenters. The summed E-state index contributed by atoms with van der Waals surface area (Å²) >= 11 is 0. The molecule has 0 spiro atoms. The number of alkyl halides is 3. The summed E-state index contributed by atoms with van der Waals surface area (Å²) < 4.78 is 44.4. The van der Waals surface area contributed by atoms with E-state index in [1.165, 1.54) is 15.3 Å². The number of amides is 2. The molecule has 1 fully saturated rings. The first-order valence-corrected chi connectivity index (χ1v) is 11.9. The molecule has 13 heteroatoms. The van der Waals surface area contributed by atoms with Gasteiger partial charge in [-0.25, -0.2) is 15.4 Å². The van der Waals surface area contributed by atoms with Crippen molar-refractivity contribution in [2.24, 2.45) is 5.92 Å². The van der Waals surface area contributed by atoms with Crippen LogP contribution in [-0.2, 0) is 22.2 Å². The molecular formula is C24H30F3N5O5. The summed E-state index contributed by atoms with van der Waals surface area (Å²) in [5, 5.41) is 19.4. The van der Waals surface area contributed by atoms with E-state index in [1.807, 2.05) is 31.2 Å². The number of anilines is 1. The molecule has 10 nitrogen and oxygen atoms in total. The van der Waals surface area contributed by atoms with Crippen LogP contribution in [0.2, 0.25) is 0 Å². The largest absolute Gasteiger partial charge is 0.494 e. The highest BCUT2D eigenvalue weighted by Crippen LogP contribution is 2.28. The number of aromatic nitrogens is 2. The van der Waals surface area contributed by atoms with E-state index in [-0.39, 0.29) is 38.5 Å². The molecule has 202 valence electrons. The Bertz CT molecular complexity index is 1050. The number of aryl methyl sites for hydroxylation is 1. The third-order valence-electron chi connectivity index (χ3n) is 6.10. The van der Waals surface area contributed by atoms with Crippen LogP contribution in [0.5, 0.6) is 5.75 Å². The number of carbonyl (C=O) groups is 2. The van der Waals surface area contributed by atoms with Crippen molar-refractivity contribution in [3.63, 3.8) is 0 Å². The minimum atomic E-state index is -4.60. The number of hydrogen-bond acceptors (Lipinski definition) is 8. The summed E-state index contributed by atoms with van der Waals surface area (Å²) in [6.07, 6.45) is -4.08. The molecule has 3 N–H and O–H groups in total. The van der Waals surface area contributed by atoms with Gasteiger partial charge in [0.1, 0.15) is 17.5 Å². The highest BCUT2D eigenvalue weighted by atomic mass is 19.4. The number of rotatable bonds is 10. The van der Waals surface area contributed by atoms with Crippen LogP contribution in [-0.4, -0.2) is 75.9 Å². The number of nitrogens with zero attached hydrogens (tertiary/aromatic N) is 4. The second kappa shape index (κ2) is 12.7. The van der Waals surface area contributed by atoms with Gasteiger partial charge in [0.2, 0.25) is 11.9 Å². The Morgan fingerprint density at radius 2 is 1.81 bits per heavy atom. The van der Waals surface area contributed by atoms with Crippen LogP contribution in [0.25, 0.3) is 0 Å². The van der Waals surface area contributed by atoms with E-state index in [1.54, 1.807) is 0 Å². The van der Waals surface area contributed by atoms with E-state index in [0.29, 0.717) is 19.4 Å². The molecule has 1 aromatic heterocycles. The number of carbonyl (C=O) groups excluding carboxylic acids is 2. The number of ether oxygens (including phenoxy) is 1. The van der Waals surface area contributed by atoms with E-state index in [4.69, 9.17) is 9.94 Å². The van der Waals surface area contributed by atoms with Gasteiger partial charge in [0, 0.05) is 32.4 Å². The van der Waals surface area contributed by atoms with E-state index in [9.17, 15) is 27.9 Å². The molecular weight excluding hydrogens is 495 g/mol. The molecule has 2 aromatic rings. The molecule has 1 aliphatic rings. The molecule has 37 heavy (non-hydrogen) atoms. The van der Waals surface area contributed by atoms with Crippen molar-refractivity contribution in [1.82, 2.24) is 20.3 Å². The SMILES string of the molecule is CCOc1ccc(CCC[C@@H](C(=O)N2CCN(c3nccc(C(F)(F)F)n3)CC2)[C@H](O)C(=O)NO)cc1. The Kier molecular flexibility index (Phi) is 9.64. The smallest absolute Gasteiger partial charge is 0.433 e. The monoisotopic (exact) mass is 525 g/mol. The van der Waals surface area contributed by atoms with E-state index in [2.05, 4.69) is 9.97 Å². The van der Waals surface area contributed by atoms with Crippen LogP contribution in [0.15, 0.2) is 36.5 Å². The quantitative estimate of drug-likeness (QED) is 0.318. The maximum absolute atomic E-state index is 13.2. The number of nitrogens with one attached hydrogen (secondary N) is 1. The highest BCUT2D eigenvalue weighted by molar-refractivity contribution is 5.88. The number of halogens is 3. The predicted octanol–water partition coefficient (Wildman–Crippen LogP) is 2.05. The van der Waals surface area contributed by atoms with Crippen molar-refractivity contribution in [3.8, 4) is 5.75 Å². The lowest BCUT2D eigenvalue weighted by molar-refractivity contribution is -0.151. The van der Waals surface area contributed by atoms with Crippen LogP contribution in [0.3, 0.4) is 0 Å². The molecule has 0 radical (unpaired) electrons. The van der Waals surface area contributed by atoms with Gasteiger partial charge in [-0.2, -0.15) is 13.2 Å². The Labute approximate surface area is 212 Å². The maximum atomic E-state index is 13.2. The molecule has 2 amide bonds. The lowest BCUT2D eigenvalue weighted by Crippen LogP contribution is -2.53. The lowest BCUT2D eigenvalue weighted by Gasteiger charge is -2.37. The van der Waals surface area contributed by atoms with Gasteiger partial charge in [-0.1, -0.05) is 12.1 Å². The minimum absolute atomic E-state index is 0.0893. The summed E-state index contributed by atoms with van der Waals surface area (Å²) in [6, 6.07) is 8.25. The topological polar surface area (TPSA) is 128 Å². The maximum Gasteiger partial charge on any atom is 0.433 e. The second-order valence-electron chi connectivity index (χ2n) is 8.55. The van der Waals surface area contributed by atoms with Gasteiger partial charge in [0.05, 0.1) is 12.5 Å². The first-order valence-electron chi connectivity index (χ1n) is 11.9. The van der Waals surface area contributed by atoms with Crippen molar-refractivity contribution in [2.75, 3.05) is 37.7 Å². The average molecular weight is 526 g/mol. The van der Waals surface area contributed by atoms with Crippen LogP contribution in [0, 0.1) is 5.92 Å². The minimum Gasteiger partial charge on any atom is -0.494 e. The molecule has 1 saturated heterocycles. The van der Waals surface area contributed by atoms with Gasteiger partial charge in [-0.15, -0.1) is 0 Å². The van der Waals surface area contributed by atoms with Crippen molar-refractivity contribution in [3.05, 3.63) is 47.8 Å². The number of hydrogen-bond donors (Lipinski definition) is 3. The van der Waals surface area contributed by atoms with Gasteiger partial charge in [-0.05, 0) is 49.9 Å². The van der Waals surface area contributed by atoms with Crippen molar-refractivity contribution < 1.29 is 37.8 Å². The van der Waals surface area contributed by atoms with E-state index < -0.39 is 35.7 Å². The molecule has 2 heterocycles. The number of piperazine rings is 1. The van der Waals surface area contributed by atoms with Gasteiger partial charge in [0.25, 0.3) is 5.91 Å².